The minimum Gasteiger partial charge on any atom is -0.477 e. The van der Waals surface area contributed by atoms with Crippen molar-refractivity contribution in [3.63, 3.8) is 0 Å². The Labute approximate surface area is 154 Å². The molecule has 3 aromatic rings. The molecule has 1 saturated heterocycles. The summed E-state index contributed by atoms with van der Waals surface area (Å²) in [6, 6.07) is 2.96. The molecule has 0 saturated carbocycles. The fraction of sp³-hybridized carbons (Fsp3) is 0.350. The Morgan fingerprint density at radius 2 is 2.07 bits per heavy atom. The lowest BCUT2D eigenvalue weighted by molar-refractivity contribution is 0.0695. The number of carboxylic acid groups (broad SMARTS) is 1. The van der Waals surface area contributed by atoms with Crippen LogP contribution in [-0.2, 0) is 7.05 Å². The molecule has 0 radical (unpaired) electrons. The van der Waals surface area contributed by atoms with Gasteiger partial charge in [0.15, 0.2) is 0 Å². The van der Waals surface area contributed by atoms with E-state index < -0.39 is 17.2 Å². The molecule has 0 amide bonds. The molecule has 1 aliphatic rings. The van der Waals surface area contributed by atoms with Gasteiger partial charge in [-0.2, -0.15) is 0 Å². The molecule has 140 valence electrons. The fourth-order valence-corrected chi connectivity index (χ4v) is 3.87. The maximum atomic E-state index is 14.8. The number of carboxylic acids is 1. The Morgan fingerprint density at radius 1 is 1.33 bits per heavy atom. The van der Waals surface area contributed by atoms with E-state index in [9.17, 15) is 19.1 Å². The molecule has 1 N–H and O–H groups in total. The topological polar surface area (TPSA) is 75.4 Å². The van der Waals surface area contributed by atoms with E-state index in [0.717, 1.165) is 13.0 Å². The summed E-state index contributed by atoms with van der Waals surface area (Å²) in [5.41, 5.74) is 0.460. The van der Waals surface area contributed by atoms with Crippen molar-refractivity contribution in [3.05, 3.63) is 46.1 Å². The van der Waals surface area contributed by atoms with Gasteiger partial charge in [0.25, 0.3) is 0 Å². The van der Waals surface area contributed by atoms with Crippen LogP contribution in [0.3, 0.4) is 0 Å². The Kier molecular flexibility index (Phi) is 3.73. The van der Waals surface area contributed by atoms with Crippen LogP contribution in [0.4, 0.5) is 10.1 Å². The Hall–Kier alpha value is -2.96. The van der Waals surface area contributed by atoms with Crippen LogP contribution in [0, 0.1) is 11.2 Å². The van der Waals surface area contributed by atoms with Crippen molar-refractivity contribution >= 4 is 33.5 Å². The number of aryl methyl sites for hydroxylation is 1. The molecular formula is C20H20FN3O3. The van der Waals surface area contributed by atoms with E-state index in [4.69, 9.17) is 0 Å². The lowest BCUT2D eigenvalue weighted by Crippen LogP contribution is -2.23. The Morgan fingerprint density at radius 3 is 2.70 bits per heavy atom. The third-order valence-corrected chi connectivity index (χ3v) is 5.34. The molecule has 0 atom stereocenters. The van der Waals surface area contributed by atoms with Crippen molar-refractivity contribution < 1.29 is 14.3 Å². The molecule has 0 unspecified atom stereocenters. The standard InChI is InChI=1S/C20H20FN3O3/c1-20(2)4-5-24(10-20)15-6-11-14(7-13(15)21)22-8-16-17(11)18(25)12(19(26)27)9-23(16)3/h6-9H,4-5,10H2,1-3H3,(H,26,27). The Bertz CT molecular complexity index is 1170. The molecule has 1 aromatic carbocycles. The zero-order valence-corrected chi connectivity index (χ0v) is 15.4. The number of halogens is 1. The predicted molar refractivity (Wildman–Crippen MR) is 102 cm³/mol. The molecule has 3 heterocycles. The first-order chi connectivity index (χ1) is 12.7. The van der Waals surface area contributed by atoms with Gasteiger partial charge in [-0.25, -0.2) is 9.18 Å². The third-order valence-electron chi connectivity index (χ3n) is 5.34. The SMILES string of the molecule is Cn1cc(C(=O)O)c(=O)c2c3cc(N4CCC(C)(C)C4)c(F)cc3ncc21. The van der Waals surface area contributed by atoms with Gasteiger partial charge in [-0.1, -0.05) is 13.8 Å². The summed E-state index contributed by atoms with van der Waals surface area (Å²) < 4.78 is 16.3. The van der Waals surface area contributed by atoms with E-state index in [-0.39, 0.29) is 16.4 Å². The highest BCUT2D eigenvalue weighted by molar-refractivity contribution is 6.07. The highest BCUT2D eigenvalue weighted by Gasteiger charge is 2.31. The number of rotatable bonds is 2. The maximum absolute atomic E-state index is 14.8. The van der Waals surface area contributed by atoms with Gasteiger partial charge in [0.1, 0.15) is 11.4 Å². The number of benzene rings is 1. The van der Waals surface area contributed by atoms with Crippen LogP contribution in [0.5, 0.6) is 0 Å². The smallest absolute Gasteiger partial charge is 0.341 e. The molecule has 0 bridgehead atoms. The minimum absolute atomic E-state index is 0.0883. The zero-order valence-electron chi connectivity index (χ0n) is 15.4. The van der Waals surface area contributed by atoms with Gasteiger partial charge in [0.05, 0.1) is 28.3 Å². The second-order valence-electron chi connectivity index (χ2n) is 7.96. The number of pyridine rings is 2. The molecule has 6 nitrogen and oxygen atoms in total. The molecular weight excluding hydrogens is 349 g/mol. The average Bonchev–Trinajstić information content (AvgIpc) is 2.96. The molecule has 2 aromatic heterocycles. The molecule has 1 fully saturated rings. The number of hydrogen-bond acceptors (Lipinski definition) is 4. The number of hydrogen-bond donors (Lipinski definition) is 1. The van der Waals surface area contributed by atoms with Crippen LogP contribution in [0.2, 0.25) is 0 Å². The van der Waals surface area contributed by atoms with Gasteiger partial charge in [-0.15, -0.1) is 0 Å². The second kappa shape index (κ2) is 5.77. The summed E-state index contributed by atoms with van der Waals surface area (Å²) in [5, 5.41) is 10.1. The van der Waals surface area contributed by atoms with Gasteiger partial charge in [0.2, 0.25) is 5.43 Å². The molecule has 1 aliphatic heterocycles. The second-order valence-corrected chi connectivity index (χ2v) is 7.96. The quantitative estimate of drug-likeness (QED) is 0.703. The average molecular weight is 369 g/mol. The minimum atomic E-state index is -1.29. The largest absolute Gasteiger partial charge is 0.477 e. The number of carbonyl (C=O) groups is 1. The van der Waals surface area contributed by atoms with Gasteiger partial charge in [0, 0.05) is 37.8 Å². The molecule has 7 heteroatoms. The zero-order chi connectivity index (χ0) is 19.5. The van der Waals surface area contributed by atoms with Crippen LogP contribution >= 0.6 is 0 Å². The lowest BCUT2D eigenvalue weighted by atomic mass is 9.93. The van der Waals surface area contributed by atoms with Crippen molar-refractivity contribution in [2.24, 2.45) is 12.5 Å². The molecule has 27 heavy (non-hydrogen) atoms. The van der Waals surface area contributed by atoms with Crippen molar-refractivity contribution in [2.45, 2.75) is 20.3 Å². The van der Waals surface area contributed by atoms with Crippen LogP contribution in [-0.4, -0.2) is 33.7 Å². The summed E-state index contributed by atoms with van der Waals surface area (Å²) in [7, 11) is 1.66. The predicted octanol–water partition coefficient (Wildman–Crippen LogP) is 3.16. The summed E-state index contributed by atoms with van der Waals surface area (Å²) >= 11 is 0. The van der Waals surface area contributed by atoms with E-state index in [0.29, 0.717) is 28.7 Å². The highest BCUT2D eigenvalue weighted by atomic mass is 19.1. The molecule has 4 rings (SSSR count). The molecule has 0 aliphatic carbocycles. The van der Waals surface area contributed by atoms with E-state index in [1.807, 2.05) is 4.90 Å². The van der Waals surface area contributed by atoms with Gasteiger partial charge >= 0.3 is 5.97 Å². The van der Waals surface area contributed by atoms with Crippen LogP contribution in [0.25, 0.3) is 21.8 Å². The maximum Gasteiger partial charge on any atom is 0.341 e. The van der Waals surface area contributed by atoms with Crippen molar-refractivity contribution in [1.29, 1.82) is 0 Å². The van der Waals surface area contributed by atoms with E-state index >= 15 is 0 Å². The first-order valence-corrected chi connectivity index (χ1v) is 8.78. The van der Waals surface area contributed by atoms with E-state index in [1.165, 1.54) is 18.5 Å². The van der Waals surface area contributed by atoms with Crippen molar-refractivity contribution in [2.75, 3.05) is 18.0 Å². The van der Waals surface area contributed by atoms with Gasteiger partial charge < -0.3 is 14.6 Å². The summed E-state index contributed by atoms with van der Waals surface area (Å²) in [6.45, 7) is 5.72. The van der Waals surface area contributed by atoms with Crippen molar-refractivity contribution in [3.8, 4) is 0 Å². The van der Waals surface area contributed by atoms with Gasteiger partial charge in [-0.05, 0) is 17.9 Å². The van der Waals surface area contributed by atoms with Crippen molar-refractivity contribution in [1.82, 2.24) is 9.55 Å². The highest BCUT2D eigenvalue weighted by Crippen LogP contribution is 2.36. The van der Waals surface area contributed by atoms with Crippen LogP contribution in [0.15, 0.2) is 29.3 Å². The number of anilines is 1. The molecule has 0 spiro atoms. The van der Waals surface area contributed by atoms with Crippen LogP contribution in [0.1, 0.15) is 30.6 Å². The van der Waals surface area contributed by atoms with E-state index in [2.05, 4.69) is 18.8 Å². The monoisotopic (exact) mass is 369 g/mol. The first-order valence-electron chi connectivity index (χ1n) is 8.78. The van der Waals surface area contributed by atoms with Crippen LogP contribution < -0.4 is 10.3 Å². The fourth-order valence-electron chi connectivity index (χ4n) is 3.87. The number of aromatic carboxylic acids is 1. The normalized spacial score (nSPS) is 16.4. The number of fused-ring (bicyclic) bond motifs is 3. The van der Waals surface area contributed by atoms with Gasteiger partial charge in [-0.3, -0.25) is 9.78 Å². The summed E-state index contributed by atoms with van der Waals surface area (Å²) in [5.74, 6) is -1.68. The Balaban J connectivity index is 2.05. The lowest BCUT2D eigenvalue weighted by Gasteiger charge is -2.22. The third kappa shape index (κ3) is 2.74. The van der Waals surface area contributed by atoms with E-state index in [1.54, 1.807) is 17.7 Å². The number of nitrogens with zero attached hydrogens (tertiary/aromatic N) is 3. The number of aromatic nitrogens is 2. The first kappa shape index (κ1) is 17.5. The summed E-state index contributed by atoms with van der Waals surface area (Å²) in [4.78, 5) is 30.5. The summed E-state index contributed by atoms with van der Waals surface area (Å²) in [6.07, 6.45) is 3.71.